The first-order valence-corrected chi connectivity index (χ1v) is 6.39. The first-order valence-electron chi connectivity index (χ1n) is 6.39. The Morgan fingerprint density at radius 2 is 2.11 bits per heavy atom. The zero-order chi connectivity index (χ0) is 13.0. The smallest absolute Gasteiger partial charge is 0.127 e. The third kappa shape index (κ3) is 2.76. The van der Waals surface area contributed by atoms with Gasteiger partial charge in [0.15, 0.2) is 0 Å². The van der Waals surface area contributed by atoms with Crippen LogP contribution in [0.3, 0.4) is 0 Å². The summed E-state index contributed by atoms with van der Waals surface area (Å²) in [6.45, 7) is 3.14. The van der Waals surface area contributed by atoms with E-state index in [1.165, 1.54) is 12.0 Å². The van der Waals surface area contributed by atoms with Gasteiger partial charge in [0, 0.05) is 18.2 Å². The predicted octanol–water partition coefficient (Wildman–Crippen LogP) is 1.67. The third-order valence-corrected chi connectivity index (χ3v) is 3.53. The standard InChI is InChI=1S/C14H22N2O2/c1-16-8-4-7-15-10-13(16)12-6-5-11(17-2)9-14(12)18-3/h5-6,9,13,15H,4,7-8,10H2,1-3H3. The Balaban J connectivity index is 2.30. The van der Waals surface area contributed by atoms with Crippen LogP contribution in [0, 0.1) is 0 Å². The molecule has 0 aliphatic carbocycles. The molecule has 0 amide bonds. The molecule has 1 N–H and O–H groups in total. The summed E-state index contributed by atoms with van der Waals surface area (Å²) in [6, 6.07) is 6.41. The number of hydrogen-bond donors (Lipinski definition) is 1. The van der Waals surface area contributed by atoms with Crippen molar-refractivity contribution in [1.82, 2.24) is 10.2 Å². The van der Waals surface area contributed by atoms with E-state index in [1.54, 1.807) is 14.2 Å². The molecule has 0 bridgehead atoms. The highest BCUT2D eigenvalue weighted by Crippen LogP contribution is 2.32. The summed E-state index contributed by atoms with van der Waals surface area (Å²) in [7, 11) is 5.55. The van der Waals surface area contributed by atoms with Crippen molar-refractivity contribution >= 4 is 0 Å². The summed E-state index contributed by atoms with van der Waals surface area (Å²) >= 11 is 0. The molecule has 1 aliphatic heterocycles. The topological polar surface area (TPSA) is 33.7 Å². The molecular weight excluding hydrogens is 228 g/mol. The predicted molar refractivity (Wildman–Crippen MR) is 72.4 cm³/mol. The molecule has 0 radical (unpaired) electrons. The number of nitrogens with one attached hydrogen (secondary N) is 1. The minimum Gasteiger partial charge on any atom is -0.497 e. The fourth-order valence-corrected chi connectivity index (χ4v) is 2.45. The van der Waals surface area contributed by atoms with Crippen LogP contribution in [-0.2, 0) is 0 Å². The van der Waals surface area contributed by atoms with Crippen molar-refractivity contribution in [2.24, 2.45) is 0 Å². The number of rotatable bonds is 3. The second kappa shape index (κ2) is 6.07. The molecule has 1 atom stereocenters. The second-order valence-electron chi connectivity index (χ2n) is 4.66. The van der Waals surface area contributed by atoms with E-state index >= 15 is 0 Å². The van der Waals surface area contributed by atoms with E-state index in [0.29, 0.717) is 6.04 Å². The van der Waals surface area contributed by atoms with E-state index in [9.17, 15) is 0 Å². The van der Waals surface area contributed by atoms with Crippen LogP contribution < -0.4 is 14.8 Å². The molecule has 1 aliphatic rings. The van der Waals surface area contributed by atoms with E-state index in [1.807, 2.05) is 12.1 Å². The molecule has 0 spiro atoms. The number of methoxy groups -OCH3 is 2. The van der Waals surface area contributed by atoms with Crippen LogP contribution >= 0.6 is 0 Å². The molecule has 1 aromatic rings. The van der Waals surface area contributed by atoms with Crippen LogP contribution in [0.4, 0.5) is 0 Å². The Labute approximate surface area is 109 Å². The summed E-state index contributed by atoms with van der Waals surface area (Å²) in [4.78, 5) is 2.38. The lowest BCUT2D eigenvalue weighted by Crippen LogP contribution is -2.29. The molecule has 2 rings (SSSR count). The minimum atomic E-state index is 0.355. The highest BCUT2D eigenvalue weighted by Gasteiger charge is 2.22. The molecule has 4 heteroatoms. The molecule has 18 heavy (non-hydrogen) atoms. The first kappa shape index (κ1) is 13.2. The fraction of sp³-hybridized carbons (Fsp3) is 0.571. The van der Waals surface area contributed by atoms with Gasteiger partial charge in [-0.05, 0) is 32.6 Å². The maximum absolute atomic E-state index is 5.50. The Hall–Kier alpha value is -1.26. The van der Waals surface area contributed by atoms with Crippen LogP contribution in [0.1, 0.15) is 18.0 Å². The van der Waals surface area contributed by atoms with Crippen LogP contribution in [0.25, 0.3) is 0 Å². The van der Waals surface area contributed by atoms with Crippen molar-refractivity contribution in [3.63, 3.8) is 0 Å². The van der Waals surface area contributed by atoms with Gasteiger partial charge >= 0.3 is 0 Å². The Morgan fingerprint density at radius 3 is 2.83 bits per heavy atom. The summed E-state index contributed by atoms with van der Waals surface area (Å²) in [5.74, 6) is 1.73. The molecule has 1 aromatic carbocycles. The van der Waals surface area contributed by atoms with E-state index in [0.717, 1.165) is 31.1 Å². The van der Waals surface area contributed by atoms with Gasteiger partial charge in [-0.1, -0.05) is 6.07 Å². The maximum atomic E-state index is 5.50. The lowest BCUT2D eigenvalue weighted by molar-refractivity contribution is 0.254. The molecule has 1 fully saturated rings. The maximum Gasteiger partial charge on any atom is 0.127 e. The summed E-state index contributed by atoms with van der Waals surface area (Å²) < 4.78 is 10.7. The van der Waals surface area contributed by atoms with Crippen LogP contribution in [-0.4, -0.2) is 45.8 Å². The Morgan fingerprint density at radius 1 is 1.28 bits per heavy atom. The molecule has 100 valence electrons. The average molecular weight is 250 g/mol. The Bertz CT molecular complexity index is 395. The second-order valence-corrected chi connectivity index (χ2v) is 4.66. The van der Waals surface area contributed by atoms with Gasteiger partial charge in [0.2, 0.25) is 0 Å². The van der Waals surface area contributed by atoms with Gasteiger partial charge in [0.25, 0.3) is 0 Å². The number of hydrogen-bond acceptors (Lipinski definition) is 4. The normalized spacial score (nSPS) is 21.4. The lowest BCUT2D eigenvalue weighted by atomic mass is 10.0. The van der Waals surface area contributed by atoms with Crippen molar-refractivity contribution in [2.75, 3.05) is 40.9 Å². The molecule has 0 aromatic heterocycles. The van der Waals surface area contributed by atoms with Crippen molar-refractivity contribution in [3.05, 3.63) is 23.8 Å². The minimum absolute atomic E-state index is 0.355. The van der Waals surface area contributed by atoms with Crippen molar-refractivity contribution < 1.29 is 9.47 Å². The van der Waals surface area contributed by atoms with E-state index in [2.05, 4.69) is 23.3 Å². The zero-order valence-electron chi connectivity index (χ0n) is 11.4. The number of likely N-dealkylation sites (N-methyl/N-ethyl adjacent to an activating group) is 1. The molecular formula is C14H22N2O2. The quantitative estimate of drug-likeness (QED) is 0.885. The van der Waals surface area contributed by atoms with Gasteiger partial charge in [0.1, 0.15) is 11.5 Å². The van der Waals surface area contributed by atoms with Crippen molar-refractivity contribution in [3.8, 4) is 11.5 Å². The van der Waals surface area contributed by atoms with Gasteiger partial charge in [-0.25, -0.2) is 0 Å². The van der Waals surface area contributed by atoms with Crippen molar-refractivity contribution in [1.29, 1.82) is 0 Å². The SMILES string of the molecule is COc1ccc(C2CNCCCN2C)c(OC)c1. The lowest BCUT2D eigenvalue weighted by Gasteiger charge is -2.27. The molecule has 0 saturated carbocycles. The third-order valence-electron chi connectivity index (χ3n) is 3.53. The summed E-state index contributed by atoms with van der Waals surface area (Å²) in [5, 5.41) is 3.48. The number of nitrogens with zero attached hydrogens (tertiary/aromatic N) is 1. The zero-order valence-corrected chi connectivity index (χ0v) is 11.4. The van der Waals surface area contributed by atoms with Gasteiger partial charge in [-0.2, -0.15) is 0 Å². The van der Waals surface area contributed by atoms with Gasteiger partial charge in [0.05, 0.1) is 20.3 Å². The van der Waals surface area contributed by atoms with Crippen LogP contribution in [0.2, 0.25) is 0 Å². The highest BCUT2D eigenvalue weighted by molar-refractivity contribution is 5.42. The average Bonchev–Trinajstić information content (AvgIpc) is 2.62. The number of benzene rings is 1. The highest BCUT2D eigenvalue weighted by atomic mass is 16.5. The van der Waals surface area contributed by atoms with Gasteiger partial charge in [-0.15, -0.1) is 0 Å². The largest absolute Gasteiger partial charge is 0.497 e. The molecule has 1 heterocycles. The summed E-state index contributed by atoms with van der Waals surface area (Å²) in [5.41, 5.74) is 1.22. The van der Waals surface area contributed by atoms with Crippen molar-refractivity contribution in [2.45, 2.75) is 12.5 Å². The van der Waals surface area contributed by atoms with Crippen LogP contribution in [0.5, 0.6) is 11.5 Å². The fourth-order valence-electron chi connectivity index (χ4n) is 2.45. The van der Waals surface area contributed by atoms with E-state index < -0.39 is 0 Å². The molecule has 4 nitrogen and oxygen atoms in total. The van der Waals surface area contributed by atoms with Gasteiger partial charge < -0.3 is 14.8 Å². The van der Waals surface area contributed by atoms with Gasteiger partial charge in [-0.3, -0.25) is 4.90 Å². The van der Waals surface area contributed by atoms with E-state index in [-0.39, 0.29) is 0 Å². The number of ether oxygens (including phenoxy) is 2. The first-order chi connectivity index (χ1) is 8.76. The molecule has 1 unspecified atom stereocenters. The monoisotopic (exact) mass is 250 g/mol. The summed E-state index contributed by atoms with van der Waals surface area (Å²) in [6.07, 6.45) is 1.19. The van der Waals surface area contributed by atoms with E-state index in [4.69, 9.17) is 9.47 Å². The molecule has 1 saturated heterocycles. The van der Waals surface area contributed by atoms with Crippen LogP contribution in [0.15, 0.2) is 18.2 Å². The Kier molecular flexibility index (Phi) is 4.44.